The molecule has 0 saturated heterocycles. The summed E-state index contributed by atoms with van der Waals surface area (Å²) < 4.78 is 27.0. The van der Waals surface area contributed by atoms with Gasteiger partial charge in [0.05, 0.1) is 22.8 Å². The van der Waals surface area contributed by atoms with E-state index in [9.17, 15) is 4.39 Å². The van der Waals surface area contributed by atoms with E-state index in [0.29, 0.717) is 28.1 Å². The van der Waals surface area contributed by atoms with Gasteiger partial charge in [-0.3, -0.25) is 0 Å². The highest BCUT2D eigenvalue weighted by molar-refractivity contribution is 7.99. The molecule has 0 unspecified atom stereocenters. The zero-order valence-electron chi connectivity index (χ0n) is 19.5. The van der Waals surface area contributed by atoms with Gasteiger partial charge in [0.2, 0.25) is 5.16 Å². The van der Waals surface area contributed by atoms with Gasteiger partial charge in [0.1, 0.15) is 12.4 Å². The van der Waals surface area contributed by atoms with E-state index >= 15 is 0 Å². The van der Waals surface area contributed by atoms with E-state index in [4.69, 9.17) is 32.7 Å². The SMILES string of the molecule is COc1cc(CNCCCSc2nnnn2-c2ccccc2)cc(Cl)c1OCc1c(F)cccc1Cl. The minimum atomic E-state index is -0.437. The molecule has 7 nitrogen and oxygen atoms in total. The molecule has 4 rings (SSSR count). The lowest BCUT2D eigenvalue weighted by Gasteiger charge is -2.15. The monoisotopic (exact) mass is 547 g/mol. The van der Waals surface area contributed by atoms with Gasteiger partial charge in [-0.25, -0.2) is 4.39 Å². The van der Waals surface area contributed by atoms with Crippen molar-refractivity contribution < 1.29 is 13.9 Å². The van der Waals surface area contributed by atoms with Gasteiger partial charge in [-0.15, -0.1) is 5.10 Å². The largest absolute Gasteiger partial charge is 0.493 e. The second-order valence-corrected chi connectivity index (χ2v) is 9.56. The molecule has 0 amide bonds. The third-order valence-corrected chi connectivity index (χ3v) is 6.85. The van der Waals surface area contributed by atoms with Crippen molar-refractivity contribution in [2.24, 2.45) is 0 Å². The van der Waals surface area contributed by atoms with Gasteiger partial charge in [0, 0.05) is 17.9 Å². The zero-order valence-corrected chi connectivity index (χ0v) is 21.8. The van der Waals surface area contributed by atoms with Gasteiger partial charge in [0.15, 0.2) is 11.5 Å². The molecule has 0 atom stereocenters. The summed E-state index contributed by atoms with van der Waals surface area (Å²) in [5, 5.41) is 16.8. The highest BCUT2D eigenvalue weighted by atomic mass is 35.5. The van der Waals surface area contributed by atoms with Gasteiger partial charge in [0.25, 0.3) is 0 Å². The van der Waals surface area contributed by atoms with Crippen LogP contribution in [0.25, 0.3) is 5.69 Å². The molecular formula is C25H24Cl2FN5O2S. The topological polar surface area (TPSA) is 74.1 Å². The summed E-state index contributed by atoms with van der Waals surface area (Å²) in [6, 6.07) is 17.9. The fourth-order valence-corrected chi connectivity index (χ4v) is 4.76. The standard InChI is InChI=1S/C25H24Cl2FN5O2S/c1-34-23-14-17(13-21(27)24(23)35-16-19-20(26)9-5-10-22(19)28)15-29-11-6-12-36-25-30-31-32-33(25)18-7-3-2-4-8-18/h2-5,7-10,13-14,29H,6,11-12,15-16H2,1H3. The van der Waals surface area contributed by atoms with Crippen LogP contribution in [0.15, 0.2) is 65.8 Å². The Kier molecular flexibility index (Phi) is 9.41. The Hall–Kier alpha value is -2.85. The molecule has 1 heterocycles. The van der Waals surface area contributed by atoms with Crippen LogP contribution in [0.5, 0.6) is 11.5 Å². The van der Waals surface area contributed by atoms with Crippen LogP contribution in [-0.2, 0) is 13.2 Å². The number of nitrogens with one attached hydrogen (secondary N) is 1. The summed E-state index contributed by atoms with van der Waals surface area (Å²) in [5.74, 6) is 1.23. The summed E-state index contributed by atoms with van der Waals surface area (Å²) in [4.78, 5) is 0. The lowest BCUT2D eigenvalue weighted by molar-refractivity contribution is 0.280. The van der Waals surface area contributed by atoms with E-state index in [1.807, 2.05) is 36.4 Å². The van der Waals surface area contributed by atoms with Crippen molar-refractivity contribution >= 4 is 35.0 Å². The molecule has 1 aromatic heterocycles. The minimum Gasteiger partial charge on any atom is -0.493 e. The first-order chi connectivity index (χ1) is 17.6. The number of ether oxygens (including phenoxy) is 2. The maximum atomic E-state index is 14.1. The number of halogens is 3. The molecular weight excluding hydrogens is 524 g/mol. The highest BCUT2D eigenvalue weighted by Crippen LogP contribution is 2.37. The lowest BCUT2D eigenvalue weighted by Crippen LogP contribution is -2.15. The molecule has 0 saturated carbocycles. The molecule has 0 radical (unpaired) electrons. The average molecular weight is 548 g/mol. The van der Waals surface area contributed by atoms with Crippen LogP contribution in [0.4, 0.5) is 4.39 Å². The number of para-hydroxylation sites is 1. The van der Waals surface area contributed by atoms with Gasteiger partial charge in [-0.1, -0.05) is 59.2 Å². The van der Waals surface area contributed by atoms with Crippen molar-refractivity contribution in [2.75, 3.05) is 19.4 Å². The van der Waals surface area contributed by atoms with Crippen LogP contribution in [-0.4, -0.2) is 39.6 Å². The van der Waals surface area contributed by atoms with E-state index in [-0.39, 0.29) is 12.2 Å². The molecule has 3 aromatic carbocycles. The zero-order chi connectivity index (χ0) is 25.3. The number of thioether (sulfide) groups is 1. The first-order valence-corrected chi connectivity index (χ1v) is 12.9. The van der Waals surface area contributed by atoms with E-state index < -0.39 is 5.82 Å². The van der Waals surface area contributed by atoms with Crippen molar-refractivity contribution in [1.82, 2.24) is 25.5 Å². The molecule has 0 bridgehead atoms. The van der Waals surface area contributed by atoms with E-state index in [0.717, 1.165) is 35.1 Å². The third kappa shape index (κ3) is 6.67. The van der Waals surface area contributed by atoms with Crippen LogP contribution in [0.3, 0.4) is 0 Å². The number of hydrogen-bond acceptors (Lipinski definition) is 7. The van der Waals surface area contributed by atoms with Crippen LogP contribution in [0.1, 0.15) is 17.5 Å². The first-order valence-electron chi connectivity index (χ1n) is 11.2. The van der Waals surface area contributed by atoms with Crippen LogP contribution in [0.2, 0.25) is 10.0 Å². The Morgan fingerprint density at radius 3 is 2.67 bits per heavy atom. The summed E-state index contributed by atoms with van der Waals surface area (Å²) in [7, 11) is 1.53. The number of rotatable bonds is 12. The maximum Gasteiger partial charge on any atom is 0.214 e. The molecule has 0 aliphatic rings. The number of benzene rings is 3. The molecule has 0 aliphatic heterocycles. The van der Waals surface area contributed by atoms with Gasteiger partial charge in [-0.2, -0.15) is 4.68 Å². The quantitative estimate of drug-likeness (QED) is 0.173. The summed E-state index contributed by atoms with van der Waals surface area (Å²) in [5.41, 5.74) is 2.13. The highest BCUT2D eigenvalue weighted by Gasteiger charge is 2.15. The molecule has 0 aliphatic carbocycles. The van der Waals surface area contributed by atoms with Crippen molar-refractivity contribution in [2.45, 2.75) is 24.7 Å². The number of methoxy groups -OCH3 is 1. The molecule has 4 aromatic rings. The van der Waals surface area contributed by atoms with Crippen LogP contribution in [0, 0.1) is 5.82 Å². The number of hydrogen-bond donors (Lipinski definition) is 1. The summed E-state index contributed by atoms with van der Waals surface area (Å²) in [6.45, 7) is 1.33. The van der Waals surface area contributed by atoms with E-state index in [1.165, 1.54) is 13.2 Å². The molecule has 36 heavy (non-hydrogen) atoms. The molecule has 11 heteroatoms. The van der Waals surface area contributed by atoms with Gasteiger partial charge < -0.3 is 14.8 Å². The Morgan fingerprint density at radius 1 is 1.06 bits per heavy atom. The predicted octanol–water partition coefficient (Wildman–Crippen LogP) is 5.97. The lowest BCUT2D eigenvalue weighted by atomic mass is 10.2. The van der Waals surface area contributed by atoms with Gasteiger partial charge >= 0.3 is 0 Å². The maximum absolute atomic E-state index is 14.1. The molecule has 188 valence electrons. The fraction of sp³-hybridized carbons (Fsp3) is 0.240. The molecule has 0 spiro atoms. The van der Waals surface area contributed by atoms with Gasteiger partial charge in [-0.05, 0) is 65.4 Å². The van der Waals surface area contributed by atoms with Crippen molar-refractivity contribution in [3.63, 3.8) is 0 Å². The predicted molar refractivity (Wildman–Crippen MR) is 140 cm³/mol. The van der Waals surface area contributed by atoms with Crippen molar-refractivity contribution in [1.29, 1.82) is 0 Å². The molecule has 0 fully saturated rings. The third-order valence-electron chi connectivity index (χ3n) is 5.21. The second-order valence-electron chi connectivity index (χ2n) is 7.69. The number of tetrazole rings is 1. The van der Waals surface area contributed by atoms with E-state index in [2.05, 4.69) is 20.8 Å². The number of aromatic nitrogens is 4. The fourth-order valence-electron chi connectivity index (χ4n) is 3.42. The minimum absolute atomic E-state index is 0.0651. The normalized spacial score (nSPS) is 11.0. The summed E-state index contributed by atoms with van der Waals surface area (Å²) in [6.07, 6.45) is 0.918. The Balaban J connectivity index is 1.26. The van der Waals surface area contributed by atoms with Crippen LogP contribution >= 0.6 is 35.0 Å². The van der Waals surface area contributed by atoms with Crippen LogP contribution < -0.4 is 14.8 Å². The Bertz CT molecular complexity index is 1270. The van der Waals surface area contributed by atoms with Crippen molar-refractivity contribution in [3.8, 4) is 17.2 Å². The smallest absolute Gasteiger partial charge is 0.214 e. The average Bonchev–Trinajstić information content (AvgIpc) is 3.35. The molecule has 1 N–H and O–H groups in total. The second kappa shape index (κ2) is 12.9. The first kappa shape index (κ1) is 26.2. The number of nitrogens with zero attached hydrogens (tertiary/aromatic N) is 4. The summed E-state index contributed by atoms with van der Waals surface area (Å²) >= 11 is 14.2. The van der Waals surface area contributed by atoms with E-state index in [1.54, 1.807) is 34.6 Å². The Labute approximate surface area is 222 Å². The Morgan fingerprint density at radius 2 is 1.89 bits per heavy atom. The van der Waals surface area contributed by atoms with Crippen molar-refractivity contribution in [3.05, 3.63) is 87.7 Å².